The van der Waals surface area contributed by atoms with Crippen molar-refractivity contribution >= 4 is 40.9 Å². The Morgan fingerprint density at radius 2 is 1.85 bits per heavy atom. The average molecular weight is 553 g/mol. The first-order valence-electron chi connectivity index (χ1n) is 12.4. The molecule has 0 atom stereocenters. The normalized spacial score (nSPS) is 14.0. The lowest BCUT2D eigenvalue weighted by molar-refractivity contribution is -0.122. The van der Waals surface area contributed by atoms with E-state index in [-0.39, 0.29) is 41.2 Å². The fraction of sp³-hybridized carbons (Fsp3) is 0.310. The van der Waals surface area contributed by atoms with Gasteiger partial charge in [0.1, 0.15) is 17.1 Å². The van der Waals surface area contributed by atoms with Crippen LogP contribution >= 0.6 is 11.6 Å². The number of hydrogen-bond donors (Lipinski definition) is 2. The molecule has 2 aromatic carbocycles. The van der Waals surface area contributed by atoms with E-state index < -0.39 is 23.1 Å². The predicted octanol–water partition coefficient (Wildman–Crippen LogP) is 4.85. The van der Waals surface area contributed by atoms with Gasteiger partial charge in [-0.15, -0.1) is 0 Å². The van der Waals surface area contributed by atoms with Gasteiger partial charge in [-0.3, -0.25) is 9.59 Å². The second kappa shape index (κ2) is 11.0. The highest BCUT2D eigenvalue weighted by molar-refractivity contribution is 6.31. The maximum atomic E-state index is 14.4. The summed E-state index contributed by atoms with van der Waals surface area (Å²) < 4.78 is 19.2. The van der Waals surface area contributed by atoms with Crippen molar-refractivity contribution in [1.29, 1.82) is 0 Å². The van der Waals surface area contributed by atoms with Crippen molar-refractivity contribution in [3.8, 4) is 0 Å². The highest BCUT2D eigenvalue weighted by atomic mass is 35.5. The highest BCUT2D eigenvalue weighted by Gasteiger charge is 2.52. The lowest BCUT2D eigenvalue weighted by atomic mass is 9.69. The molecule has 2 amide bonds. The number of pyridine rings is 1. The highest BCUT2D eigenvalue weighted by Crippen LogP contribution is 2.42. The number of nitrogens with one attached hydrogen (secondary N) is 2. The van der Waals surface area contributed by atoms with Gasteiger partial charge in [0.2, 0.25) is 5.91 Å². The molecule has 204 valence electrons. The molecule has 0 radical (unpaired) electrons. The summed E-state index contributed by atoms with van der Waals surface area (Å²) in [6, 6.07) is 11.7. The first-order chi connectivity index (χ1) is 18.5. The van der Waals surface area contributed by atoms with Crippen LogP contribution in [0.3, 0.4) is 0 Å². The maximum absolute atomic E-state index is 14.4. The summed E-state index contributed by atoms with van der Waals surface area (Å²) in [5.41, 5.74) is 1.99. The van der Waals surface area contributed by atoms with E-state index in [1.54, 1.807) is 6.07 Å². The number of halogens is 2. The molecule has 2 N–H and O–H groups in total. The van der Waals surface area contributed by atoms with Crippen LogP contribution in [-0.2, 0) is 14.9 Å². The summed E-state index contributed by atoms with van der Waals surface area (Å²) in [6.45, 7) is 6.49. The first-order valence-corrected chi connectivity index (χ1v) is 12.8. The minimum absolute atomic E-state index is 0.0258. The molecule has 39 heavy (non-hydrogen) atoms. The smallest absolute Gasteiger partial charge is 0.339 e. The number of esters is 1. The Balaban J connectivity index is 1.75. The number of ether oxygens (including phenoxy) is 1. The maximum Gasteiger partial charge on any atom is 0.339 e. The number of nitrogens with zero attached hydrogens (tertiary/aromatic N) is 2. The molecule has 8 nitrogen and oxygen atoms in total. The van der Waals surface area contributed by atoms with Crippen LogP contribution in [-0.4, -0.2) is 50.0 Å². The molecule has 1 aliphatic rings. The van der Waals surface area contributed by atoms with E-state index in [1.807, 2.05) is 36.1 Å². The Hall–Kier alpha value is -3.98. The third kappa shape index (κ3) is 5.18. The Morgan fingerprint density at radius 3 is 2.46 bits per heavy atom. The van der Waals surface area contributed by atoms with Gasteiger partial charge in [-0.1, -0.05) is 49.7 Å². The van der Waals surface area contributed by atoms with Gasteiger partial charge in [-0.2, -0.15) is 0 Å². The number of methoxy groups -OCH3 is 1. The van der Waals surface area contributed by atoms with Crippen LogP contribution in [0.5, 0.6) is 0 Å². The molecule has 0 bridgehead atoms. The van der Waals surface area contributed by atoms with E-state index in [0.717, 1.165) is 22.8 Å². The molecule has 3 aromatic rings. The number of aromatic nitrogens is 1. The van der Waals surface area contributed by atoms with E-state index >= 15 is 0 Å². The SMILES string of the molecule is CNC(=O)c1cc(Cl)c(F)cc1NC(=O)C1(c2ccccc2C(C)C)CN(c2ncc(C(=O)OC)cc2C)C1. The lowest BCUT2D eigenvalue weighted by Crippen LogP contribution is -2.66. The minimum atomic E-state index is -1.02. The number of hydrogen-bond acceptors (Lipinski definition) is 6. The van der Waals surface area contributed by atoms with E-state index in [2.05, 4.69) is 29.5 Å². The molecule has 4 rings (SSSR count). The zero-order valence-electron chi connectivity index (χ0n) is 22.4. The van der Waals surface area contributed by atoms with Crippen molar-refractivity contribution in [1.82, 2.24) is 10.3 Å². The van der Waals surface area contributed by atoms with Gasteiger partial charge in [-0.25, -0.2) is 14.2 Å². The van der Waals surface area contributed by atoms with Crippen LogP contribution in [0.15, 0.2) is 48.7 Å². The summed E-state index contributed by atoms with van der Waals surface area (Å²) >= 11 is 5.93. The van der Waals surface area contributed by atoms with Gasteiger partial charge in [0, 0.05) is 26.3 Å². The standard InChI is InChI=1S/C29H30ClFN4O4/c1-16(2)19-8-6-7-9-21(19)29(14-35(15-29)25-17(3)10-18(13-33-25)27(37)39-5)28(38)34-24-12-23(31)22(30)11-20(24)26(36)32-4/h6-13,16H,14-15H2,1-5H3,(H,32,36)(H,34,38). The molecule has 0 aliphatic carbocycles. The average Bonchev–Trinajstić information content (AvgIpc) is 2.89. The minimum Gasteiger partial charge on any atom is -0.465 e. The zero-order chi connectivity index (χ0) is 28.5. The largest absolute Gasteiger partial charge is 0.465 e. The number of carbonyl (C=O) groups excluding carboxylic acids is 3. The molecule has 1 aromatic heterocycles. The Morgan fingerprint density at radius 1 is 1.15 bits per heavy atom. The van der Waals surface area contributed by atoms with Crippen molar-refractivity contribution < 1.29 is 23.5 Å². The fourth-order valence-electron chi connectivity index (χ4n) is 4.97. The van der Waals surface area contributed by atoms with Crippen LogP contribution in [0.2, 0.25) is 5.02 Å². The van der Waals surface area contributed by atoms with E-state index in [1.165, 1.54) is 26.4 Å². The van der Waals surface area contributed by atoms with Crippen LogP contribution in [0, 0.1) is 12.7 Å². The lowest BCUT2D eigenvalue weighted by Gasteiger charge is -2.51. The molecular formula is C29H30ClFN4O4. The molecule has 2 heterocycles. The van der Waals surface area contributed by atoms with E-state index in [4.69, 9.17) is 16.3 Å². The van der Waals surface area contributed by atoms with Gasteiger partial charge in [0.25, 0.3) is 5.91 Å². The van der Waals surface area contributed by atoms with Crippen molar-refractivity contribution in [3.05, 3.63) is 87.3 Å². The Labute approximate surface area is 231 Å². The number of aryl methyl sites for hydroxylation is 1. The van der Waals surface area contributed by atoms with Crippen LogP contribution in [0.25, 0.3) is 0 Å². The van der Waals surface area contributed by atoms with E-state index in [0.29, 0.717) is 11.4 Å². The molecule has 10 heteroatoms. The second-order valence-corrected chi connectivity index (χ2v) is 10.3. The van der Waals surface area contributed by atoms with Crippen molar-refractivity contribution in [2.75, 3.05) is 37.5 Å². The van der Waals surface area contributed by atoms with Crippen molar-refractivity contribution in [2.45, 2.75) is 32.1 Å². The summed E-state index contributed by atoms with van der Waals surface area (Å²) in [5, 5.41) is 5.08. The van der Waals surface area contributed by atoms with Gasteiger partial charge in [0.15, 0.2) is 0 Å². The summed E-state index contributed by atoms with van der Waals surface area (Å²) in [5.74, 6) is -1.36. The number of carbonyl (C=O) groups is 3. The van der Waals surface area contributed by atoms with Gasteiger partial charge >= 0.3 is 5.97 Å². The first kappa shape index (κ1) is 28.0. The number of rotatable bonds is 7. The van der Waals surface area contributed by atoms with Gasteiger partial charge in [0.05, 0.1) is 28.9 Å². The number of anilines is 2. The van der Waals surface area contributed by atoms with E-state index in [9.17, 15) is 18.8 Å². The summed E-state index contributed by atoms with van der Waals surface area (Å²) in [6.07, 6.45) is 1.45. The number of amides is 2. The van der Waals surface area contributed by atoms with Crippen molar-refractivity contribution in [2.24, 2.45) is 0 Å². The Kier molecular flexibility index (Phi) is 7.92. The van der Waals surface area contributed by atoms with Crippen LogP contribution in [0.1, 0.15) is 57.2 Å². The zero-order valence-corrected chi connectivity index (χ0v) is 23.1. The molecule has 0 saturated carbocycles. The number of benzene rings is 2. The summed E-state index contributed by atoms with van der Waals surface area (Å²) in [4.78, 5) is 45.0. The Bertz CT molecular complexity index is 1450. The quantitative estimate of drug-likeness (QED) is 0.406. The van der Waals surface area contributed by atoms with Crippen LogP contribution in [0.4, 0.5) is 15.9 Å². The topological polar surface area (TPSA) is 101 Å². The third-order valence-corrected chi connectivity index (χ3v) is 7.30. The molecule has 0 spiro atoms. The fourth-order valence-corrected chi connectivity index (χ4v) is 5.13. The monoisotopic (exact) mass is 552 g/mol. The molecular weight excluding hydrogens is 523 g/mol. The summed E-state index contributed by atoms with van der Waals surface area (Å²) in [7, 11) is 2.75. The van der Waals surface area contributed by atoms with Crippen LogP contribution < -0.4 is 15.5 Å². The van der Waals surface area contributed by atoms with Crippen molar-refractivity contribution in [3.63, 3.8) is 0 Å². The predicted molar refractivity (Wildman–Crippen MR) is 148 cm³/mol. The van der Waals surface area contributed by atoms with Gasteiger partial charge < -0.3 is 20.3 Å². The molecule has 0 unspecified atom stereocenters. The third-order valence-electron chi connectivity index (χ3n) is 7.01. The molecule has 1 aliphatic heterocycles. The second-order valence-electron chi connectivity index (χ2n) is 9.88. The molecule has 1 fully saturated rings. The van der Waals surface area contributed by atoms with Gasteiger partial charge in [-0.05, 0) is 47.7 Å². The molecule has 1 saturated heterocycles.